The molecule has 0 bridgehead atoms. The SMILES string of the molecule is O=C(O)c1cc(C(=O)O)c(O)c(S(=O)(=O)O)c1. The van der Waals surface area contributed by atoms with E-state index in [0.29, 0.717) is 12.1 Å². The molecule has 0 aliphatic heterocycles. The third-order valence-corrected chi connectivity index (χ3v) is 2.70. The molecule has 1 rings (SSSR count). The molecule has 4 N–H and O–H groups in total. The highest BCUT2D eigenvalue weighted by Crippen LogP contribution is 2.28. The van der Waals surface area contributed by atoms with E-state index in [2.05, 4.69) is 0 Å². The van der Waals surface area contributed by atoms with Crippen molar-refractivity contribution in [3.63, 3.8) is 0 Å². The maximum atomic E-state index is 10.8. The number of carboxylic acids is 2. The van der Waals surface area contributed by atoms with E-state index in [9.17, 15) is 23.1 Å². The second-order valence-electron chi connectivity index (χ2n) is 2.96. The second-order valence-corrected chi connectivity index (χ2v) is 4.35. The molecule has 0 unspecified atom stereocenters. The number of aromatic carboxylic acids is 2. The van der Waals surface area contributed by atoms with Crippen molar-refractivity contribution in [2.45, 2.75) is 4.90 Å². The largest absolute Gasteiger partial charge is 0.506 e. The summed E-state index contributed by atoms with van der Waals surface area (Å²) in [5.74, 6) is -4.54. The predicted molar refractivity (Wildman–Crippen MR) is 51.8 cm³/mol. The topological polar surface area (TPSA) is 149 Å². The van der Waals surface area contributed by atoms with Crippen molar-refractivity contribution in [1.29, 1.82) is 0 Å². The van der Waals surface area contributed by atoms with Crippen molar-refractivity contribution in [2.75, 3.05) is 0 Å². The summed E-state index contributed by atoms with van der Waals surface area (Å²) >= 11 is 0. The van der Waals surface area contributed by atoms with Crippen LogP contribution in [-0.2, 0) is 10.1 Å². The molecular weight excluding hydrogens is 256 g/mol. The summed E-state index contributed by atoms with van der Waals surface area (Å²) in [5.41, 5.74) is -1.62. The van der Waals surface area contributed by atoms with Gasteiger partial charge in [-0.3, -0.25) is 4.55 Å². The third-order valence-electron chi connectivity index (χ3n) is 1.83. The first-order chi connectivity index (χ1) is 7.64. The van der Waals surface area contributed by atoms with Crippen LogP contribution in [-0.4, -0.2) is 40.2 Å². The van der Waals surface area contributed by atoms with Crippen molar-refractivity contribution in [3.8, 4) is 5.75 Å². The van der Waals surface area contributed by atoms with Crippen LogP contribution in [0.25, 0.3) is 0 Å². The molecule has 0 saturated carbocycles. The van der Waals surface area contributed by atoms with Gasteiger partial charge >= 0.3 is 11.9 Å². The molecule has 9 heteroatoms. The minimum absolute atomic E-state index is 0.458. The Hall–Kier alpha value is -2.13. The number of phenols is 1. The van der Waals surface area contributed by atoms with Gasteiger partial charge in [0.1, 0.15) is 10.5 Å². The molecule has 1 aromatic carbocycles. The van der Waals surface area contributed by atoms with Crippen LogP contribution < -0.4 is 0 Å². The zero-order chi connectivity index (χ0) is 13.4. The van der Waals surface area contributed by atoms with Gasteiger partial charge in [-0.15, -0.1) is 0 Å². The Kier molecular flexibility index (Phi) is 3.07. The third kappa shape index (κ3) is 2.52. The molecule has 0 spiro atoms. The molecule has 0 radical (unpaired) electrons. The standard InChI is InChI=1S/C8H6O8S/c9-6-4(8(12)13)1-3(7(10)11)2-5(6)17(14,15)16/h1-2,9H,(H,10,11)(H,12,13)(H,14,15,16). The summed E-state index contributed by atoms with van der Waals surface area (Å²) in [5, 5.41) is 26.5. The second kappa shape index (κ2) is 4.03. The highest BCUT2D eigenvalue weighted by atomic mass is 32.2. The van der Waals surface area contributed by atoms with Crippen LogP contribution in [0.1, 0.15) is 20.7 Å². The molecule has 0 fully saturated rings. The fraction of sp³-hybridized carbons (Fsp3) is 0. The van der Waals surface area contributed by atoms with Crippen LogP contribution in [0, 0.1) is 0 Å². The monoisotopic (exact) mass is 262 g/mol. The lowest BCUT2D eigenvalue weighted by molar-refractivity contribution is 0.0693. The number of carboxylic acid groups (broad SMARTS) is 2. The molecule has 0 aromatic heterocycles. The average molecular weight is 262 g/mol. The van der Waals surface area contributed by atoms with Gasteiger partial charge in [0, 0.05) is 0 Å². The van der Waals surface area contributed by atoms with Crippen molar-refractivity contribution in [1.82, 2.24) is 0 Å². The Morgan fingerprint density at radius 1 is 1.06 bits per heavy atom. The lowest BCUT2D eigenvalue weighted by Gasteiger charge is -2.06. The Labute approximate surface area is 94.5 Å². The average Bonchev–Trinajstić information content (AvgIpc) is 2.15. The molecule has 17 heavy (non-hydrogen) atoms. The molecule has 92 valence electrons. The van der Waals surface area contributed by atoms with Crippen LogP contribution in [0.5, 0.6) is 5.75 Å². The van der Waals surface area contributed by atoms with Gasteiger partial charge in [-0.05, 0) is 12.1 Å². The van der Waals surface area contributed by atoms with Crippen molar-refractivity contribution in [3.05, 3.63) is 23.3 Å². The minimum Gasteiger partial charge on any atom is -0.506 e. The molecular formula is C8H6O8S. The van der Waals surface area contributed by atoms with Crippen molar-refractivity contribution >= 4 is 22.1 Å². The van der Waals surface area contributed by atoms with Crippen LogP contribution in [0.2, 0.25) is 0 Å². The number of benzene rings is 1. The summed E-state index contributed by atoms with van der Waals surface area (Å²) in [4.78, 5) is 20.1. The molecule has 0 amide bonds. The maximum Gasteiger partial charge on any atom is 0.339 e. The summed E-state index contributed by atoms with van der Waals surface area (Å²) < 4.78 is 30.3. The first kappa shape index (κ1) is 12.9. The summed E-state index contributed by atoms with van der Waals surface area (Å²) in [6, 6.07) is 1.04. The summed E-state index contributed by atoms with van der Waals surface area (Å²) in [6.45, 7) is 0. The molecule has 0 atom stereocenters. The quantitative estimate of drug-likeness (QED) is 0.557. The van der Waals surface area contributed by atoms with E-state index >= 15 is 0 Å². The molecule has 8 nitrogen and oxygen atoms in total. The highest BCUT2D eigenvalue weighted by Gasteiger charge is 2.24. The van der Waals surface area contributed by atoms with Crippen LogP contribution in [0.4, 0.5) is 0 Å². The molecule has 0 aliphatic rings. The van der Waals surface area contributed by atoms with E-state index in [-0.39, 0.29) is 0 Å². The van der Waals surface area contributed by atoms with E-state index in [1.807, 2.05) is 0 Å². The Morgan fingerprint density at radius 2 is 1.59 bits per heavy atom. The Balaban J connectivity index is 3.73. The zero-order valence-electron chi connectivity index (χ0n) is 7.98. The van der Waals surface area contributed by atoms with Gasteiger partial charge in [0.05, 0.1) is 5.56 Å². The molecule has 1 aromatic rings. The smallest absolute Gasteiger partial charge is 0.339 e. The first-order valence-electron chi connectivity index (χ1n) is 3.95. The van der Waals surface area contributed by atoms with E-state index < -0.39 is 43.8 Å². The number of hydrogen-bond acceptors (Lipinski definition) is 5. The normalized spacial score (nSPS) is 11.1. The van der Waals surface area contributed by atoms with Gasteiger partial charge < -0.3 is 15.3 Å². The Morgan fingerprint density at radius 3 is 1.94 bits per heavy atom. The minimum atomic E-state index is -4.92. The lowest BCUT2D eigenvalue weighted by Crippen LogP contribution is -2.08. The van der Waals surface area contributed by atoms with Crippen molar-refractivity contribution in [2.24, 2.45) is 0 Å². The summed E-state index contributed by atoms with van der Waals surface area (Å²) in [6.07, 6.45) is 0. The van der Waals surface area contributed by atoms with Gasteiger partial charge in [0.2, 0.25) is 0 Å². The molecule has 0 saturated heterocycles. The lowest BCUT2D eigenvalue weighted by atomic mass is 10.1. The summed E-state index contributed by atoms with van der Waals surface area (Å²) in [7, 11) is -4.92. The Bertz CT molecular complexity index is 600. The maximum absolute atomic E-state index is 10.8. The van der Waals surface area contributed by atoms with Crippen LogP contribution in [0.15, 0.2) is 17.0 Å². The van der Waals surface area contributed by atoms with Gasteiger partial charge in [0.15, 0.2) is 5.75 Å². The van der Waals surface area contributed by atoms with Gasteiger partial charge in [-0.25, -0.2) is 9.59 Å². The van der Waals surface area contributed by atoms with E-state index in [0.717, 1.165) is 0 Å². The van der Waals surface area contributed by atoms with Crippen LogP contribution in [0.3, 0.4) is 0 Å². The fourth-order valence-corrected chi connectivity index (χ4v) is 1.72. The van der Waals surface area contributed by atoms with Gasteiger partial charge in [0.25, 0.3) is 10.1 Å². The predicted octanol–water partition coefficient (Wildman–Crippen LogP) is 0.0353. The number of carbonyl (C=O) groups is 2. The number of rotatable bonds is 3. The van der Waals surface area contributed by atoms with Crippen molar-refractivity contribution < 1.29 is 37.9 Å². The number of aromatic hydroxyl groups is 1. The number of hydrogen-bond donors (Lipinski definition) is 4. The van der Waals surface area contributed by atoms with E-state index in [1.165, 1.54) is 0 Å². The first-order valence-corrected chi connectivity index (χ1v) is 5.39. The highest BCUT2D eigenvalue weighted by molar-refractivity contribution is 7.86. The fourth-order valence-electron chi connectivity index (χ4n) is 1.09. The zero-order valence-corrected chi connectivity index (χ0v) is 8.80. The molecule has 0 heterocycles. The van der Waals surface area contributed by atoms with Gasteiger partial charge in [-0.2, -0.15) is 8.42 Å². The molecule has 0 aliphatic carbocycles. The van der Waals surface area contributed by atoms with Gasteiger partial charge in [-0.1, -0.05) is 0 Å². The van der Waals surface area contributed by atoms with E-state index in [1.54, 1.807) is 0 Å². The van der Waals surface area contributed by atoms with E-state index in [4.69, 9.17) is 14.8 Å². The van der Waals surface area contributed by atoms with Crippen LogP contribution >= 0.6 is 0 Å².